The van der Waals surface area contributed by atoms with Crippen LogP contribution in [0.1, 0.15) is 10.4 Å². The second-order valence-corrected chi connectivity index (χ2v) is 8.52. The summed E-state index contributed by atoms with van der Waals surface area (Å²) in [6, 6.07) is 10.0. The largest absolute Gasteiger partial charge is 0.383 e. The van der Waals surface area contributed by atoms with Gasteiger partial charge in [0.05, 0.1) is 26.9 Å². The van der Waals surface area contributed by atoms with Crippen LogP contribution < -0.4 is 10.6 Å². The molecular formula is C20H18N6S2. The fourth-order valence-electron chi connectivity index (χ4n) is 3.13. The minimum atomic E-state index is 0.715. The topological polar surface area (TPSA) is 78.5 Å². The monoisotopic (exact) mass is 406 g/mol. The molecule has 4 aromatic heterocycles. The molecule has 6 nitrogen and oxygen atoms in total. The summed E-state index contributed by atoms with van der Waals surface area (Å²) in [6.45, 7) is 2.95. The van der Waals surface area contributed by atoms with Gasteiger partial charge >= 0.3 is 0 Å². The van der Waals surface area contributed by atoms with E-state index in [0.717, 1.165) is 34.6 Å². The van der Waals surface area contributed by atoms with Gasteiger partial charge in [-0.3, -0.25) is 4.98 Å². The summed E-state index contributed by atoms with van der Waals surface area (Å²) < 4.78 is 1.22. The highest BCUT2D eigenvalue weighted by Crippen LogP contribution is 2.30. The van der Waals surface area contributed by atoms with Crippen molar-refractivity contribution < 1.29 is 0 Å². The van der Waals surface area contributed by atoms with Crippen LogP contribution in [0.3, 0.4) is 0 Å². The van der Waals surface area contributed by atoms with E-state index in [0.29, 0.717) is 5.95 Å². The highest BCUT2D eigenvalue weighted by molar-refractivity contribution is 7.17. The Kier molecular flexibility index (Phi) is 4.42. The molecule has 0 saturated carbocycles. The van der Waals surface area contributed by atoms with Crippen molar-refractivity contribution in [3.8, 4) is 0 Å². The Morgan fingerprint density at radius 1 is 1.07 bits per heavy atom. The van der Waals surface area contributed by atoms with Gasteiger partial charge in [0.25, 0.3) is 0 Å². The molecule has 1 aromatic carbocycles. The van der Waals surface area contributed by atoms with Crippen molar-refractivity contribution in [1.82, 2.24) is 19.9 Å². The molecule has 0 saturated heterocycles. The molecular weight excluding hydrogens is 388 g/mol. The average Bonchev–Trinajstić information content (AvgIpc) is 3.42. The maximum Gasteiger partial charge on any atom is 0.207 e. The van der Waals surface area contributed by atoms with Crippen LogP contribution in [0.5, 0.6) is 0 Å². The van der Waals surface area contributed by atoms with E-state index in [-0.39, 0.29) is 0 Å². The third-order valence-corrected chi connectivity index (χ3v) is 6.40. The fourth-order valence-corrected chi connectivity index (χ4v) is 4.86. The second kappa shape index (κ2) is 7.21. The Hall–Kier alpha value is -2.97. The zero-order valence-corrected chi connectivity index (χ0v) is 16.8. The van der Waals surface area contributed by atoms with Gasteiger partial charge in [-0.1, -0.05) is 12.1 Å². The molecule has 0 bridgehead atoms. The van der Waals surface area contributed by atoms with Crippen molar-refractivity contribution in [3.05, 3.63) is 58.5 Å². The highest BCUT2D eigenvalue weighted by Gasteiger charge is 2.09. The number of rotatable bonds is 6. The van der Waals surface area contributed by atoms with Crippen LogP contribution in [-0.4, -0.2) is 26.5 Å². The second-order valence-electron chi connectivity index (χ2n) is 6.49. The van der Waals surface area contributed by atoms with E-state index >= 15 is 0 Å². The van der Waals surface area contributed by atoms with Crippen molar-refractivity contribution in [2.75, 3.05) is 17.2 Å². The van der Waals surface area contributed by atoms with E-state index in [2.05, 4.69) is 48.9 Å². The van der Waals surface area contributed by atoms with Crippen LogP contribution >= 0.6 is 22.7 Å². The van der Waals surface area contributed by atoms with Gasteiger partial charge in [0.2, 0.25) is 5.95 Å². The van der Waals surface area contributed by atoms with Crippen molar-refractivity contribution in [1.29, 1.82) is 0 Å². The number of hydrogen-bond donors (Lipinski definition) is 3. The lowest BCUT2D eigenvalue weighted by Crippen LogP contribution is -2.05. The number of benzene rings is 1. The first kappa shape index (κ1) is 17.2. The van der Waals surface area contributed by atoms with Crippen molar-refractivity contribution in [3.63, 3.8) is 0 Å². The normalized spacial score (nSPS) is 11.3. The van der Waals surface area contributed by atoms with Gasteiger partial charge in [0.1, 0.15) is 0 Å². The van der Waals surface area contributed by atoms with Gasteiger partial charge in [-0.05, 0) is 36.1 Å². The molecule has 0 amide bonds. The zero-order chi connectivity index (χ0) is 18.9. The summed E-state index contributed by atoms with van der Waals surface area (Å²) in [4.78, 5) is 18.0. The number of nitrogens with one attached hydrogen (secondary N) is 3. The van der Waals surface area contributed by atoms with Crippen LogP contribution in [0.15, 0.2) is 48.1 Å². The van der Waals surface area contributed by atoms with E-state index in [1.807, 2.05) is 36.7 Å². The van der Waals surface area contributed by atoms with Crippen LogP contribution in [-0.2, 0) is 6.42 Å². The third-order valence-electron chi connectivity index (χ3n) is 4.50. The summed E-state index contributed by atoms with van der Waals surface area (Å²) in [6.07, 6.45) is 4.77. The van der Waals surface area contributed by atoms with Crippen LogP contribution in [0.2, 0.25) is 0 Å². The molecule has 4 heterocycles. The number of thiazole rings is 1. The van der Waals surface area contributed by atoms with Crippen molar-refractivity contribution in [2.45, 2.75) is 13.3 Å². The highest BCUT2D eigenvalue weighted by atomic mass is 32.1. The molecule has 0 radical (unpaired) electrons. The SMILES string of the molecule is Cc1cnc2ccsc2c1NCCc1cnc(Nc2nc3ccccc3[nH]2)s1. The van der Waals surface area contributed by atoms with Gasteiger partial charge in [0, 0.05) is 30.2 Å². The number of aromatic nitrogens is 4. The predicted molar refractivity (Wildman–Crippen MR) is 118 cm³/mol. The van der Waals surface area contributed by atoms with Crippen molar-refractivity contribution >= 4 is 60.7 Å². The number of anilines is 3. The predicted octanol–water partition coefficient (Wildman–Crippen LogP) is 5.34. The van der Waals surface area contributed by atoms with Gasteiger partial charge in [-0.2, -0.15) is 0 Å². The number of H-pyrrole nitrogens is 1. The number of para-hydroxylation sites is 2. The number of imidazole rings is 1. The molecule has 3 N–H and O–H groups in total. The maximum atomic E-state index is 4.54. The summed E-state index contributed by atoms with van der Waals surface area (Å²) in [5.41, 5.74) is 5.36. The summed E-state index contributed by atoms with van der Waals surface area (Å²) >= 11 is 3.38. The number of aromatic amines is 1. The van der Waals surface area contributed by atoms with E-state index in [9.17, 15) is 0 Å². The maximum absolute atomic E-state index is 4.54. The lowest BCUT2D eigenvalue weighted by atomic mass is 10.2. The quantitative estimate of drug-likeness (QED) is 0.355. The lowest BCUT2D eigenvalue weighted by molar-refractivity contribution is 1.04. The van der Waals surface area contributed by atoms with Crippen LogP contribution in [0, 0.1) is 6.92 Å². The Bertz CT molecular complexity index is 1220. The Balaban J connectivity index is 1.24. The van der Waals surface area contributed by atoms with Gasteiger partial charge in [-0.15, -0.1) is 22.7 Å². The van der Waals surface area contributed by atoms with Crippen molar-refractivity contribution in [2.24, 2.45) is 0 Å². The van der Waals surface area contributed by atoms with E-state index in [1.54, 1.807) is 22.7 Å². The first-order chi connectivity index (χ1) is 13.8. The molecule has 0 atom stereocenters. The Morgan fingerprint density at radius 3 is 2.93 bits per heavy atom. The van der Waals surface area contributed by atoms with Crippen LogP contribution in [0.25, 0.3) is 21.3 Å². The fraction of sp³-hybridized carbons (Fsp3) is 0.150. The van der Waals surface area contributed by atoms with E-state index < -0.39 is 0 Å². The first-order valence-corrected chi connectivity index (χ1v) is 10.7. The minimum absolute atomic E-state index is 0.715. The average molecular weight is 407 g/mol. The van der Waals surface area contributed by atoms with Gasteiger partial charge in [0.15, 0.2) is 5.13 Å². The smallest absolute Gasteiger partial charge is 0.207 e. The molecule has 28 heavy (non-hydrogen) atoms. The minimum Gasteiger partial charge on any atom is -0.383 e. The molecule has 5 rings (SSSR count). The number of pyridine rings is 1. The molecule has 8 heteroatoms. The summed E-state index contributed by atoms with van der Waals surface area (Å²) in [7, 11) is 0. The van der Waals surface area contributed by atoms with Crippen LogP contribution in [0.4, 0.5) is 16.8 Å². The van der Waals surface area contributed by atoms with E-state index in [1.165, 1.54) is 20.8 Å². The summed E-state index contributed by atoms with van der Waals surface area (Å²) in [5, 5.41) is 9.77. The Morgan fingerprint density at radius 2 is 2.00 bits per heavy atom. The molecule has 0 aliphatic carbocycles. The molecule has 0 aliphatic rings. The molecule has 140 valence electrons. The molecule has 5 aromatic rings. The lowest BCUT2D eigenvalue weighted by Gasteiger charge is -2.09. The number of nitrogens with zero attached hydrogens (tertiary/aromatic N) is 3. The molecule has 0 spiro atoms. The molecule has 0 aliphatic heterocycles. The third kappa shape index (κ3) is 3.32. The first-order valence-electron chi connectivity index (χ1n) is 8.99. The Labute approximate surface area is 169 Å². The number of thiophene rings is 1. The zero-order valence-electron chi connectivity index (χ0n) is 15.2. The summed E-state index contributed by atoms with van der Waals surface area (Å²) in [5.74, 6) is 0.715. The van der Waals surface area contributed by atoms with Gasteiger partial charge < -0.3 is 15.6 Å². The molecule has 0 unspecified atom stereocenters. The number of aryl methyl sites for hydroxylation is 1. The standard InChI is InChI=1S/C20H18N6S2/c1-12-10-22-16-7-9-27-18(16)17(12)21-8-6-13-11-23-20(28-13)26-19-24-14-4-2-3-5-15(14)25-19/h2-5,7,9-11H,6,8H2,1H3,(H,21,22)(H2,23,24,25,26). The number of hydrogen-bond acceptors (Lipinski definition) is 7. The number of fused-ring (bicyclic) bond motifs is 2. The van der Waals surface area contributed by atoms with E-state index in [4.69, 9.17) is 0 Å². The molecule has 0 fully saturated rings. The van der Waals surface area contributed by atoms with Gasteiger partial charge in [-0.25, -0.2) is 9.97 Å².